The van der Waals surface area contributed by atoms with E-state index in [4.69, 9.17) is 4.74 Å². The van der Waals surface area contributed by atoms with Gasteiger partial charge in [0, 0.05) is 50.5 Å². The zero-order chi connectivity index (χ0) is 21.9. The predicted molar refractivity (Wildman–Crippen MR) is 132 cm³/mol. The number of benzene rings is 2. The van der Waals surface area contributed by atoms with Crippen LogP contribution >= 0.6 is 11.3 Å². The summed E-state index contributed by atoms with van der Waals surface area (Å²) in [6, 6.07) is 21.1. The van der Waals surface area contributed by atoms with Gasteiger partial charge < -0.3 is 19.4 Å². The number of carbonyl (C=O) groups excluding carboxylic acids is 1. The number of amides is 1. The van der Waals surface area contributed by atoms with Gasteiger partial charge in [-0.3, -0.25) is 4.79 Å². The van der Waals surface area contributed by atoms with Crippen molar-refractivity contribution in [3.05, 3.63) is 71.1 Å². The van der Waals surface area contributed by atoms with Crippen molar-refractivity contribution in [2.24, 2.45) is 0 Å². The Morgan fingerprint density at radius 2 is 1.59 bits per heavy atom. The fourth-order valence-corrected chi connectivity index (χ4v) is 5.66. The van der Waals surface area contributed by atoms with Gasteiger partial charge in [-0.2, -0.15) is 0 Å². The lowest BCUT2D eigenvalue weighted by Crippen LogP contribution is -2.48. The Labute approximate surface area is 193 Å². The van der Waals surface area contributed by atoms with E-state index in [1.807, 2.05) is 11.0 Å². The molecule has 0 N–H and O–H groups in total. The first kappa shape index (κ1) is 21.0. The highest BCUT2D eigenvalue weighted by Gasteiger charge is 2.27. The zero-order valence-electron chi connectivity index (χ0n) is 18.5. The molecule has 0 bridgehead atoms. The second-order valence-electron chi connectivity index (χ2n) is 8.41. The van der Waals surface area contributed by atoms with Gasteiger partial charge in [0.15, 0.2) is 0 Å². The SMILES string of the molecule is Cc1cccc(N2CCN(C(=O)c3cc(-c4ccccc4)c(N4CCOCC4)s3)CC2)c1. The standard InChI is InChI=1S/C26H29N3O2S/c1-20-6-5-9-22(18-20)27-10-12-28(13-11-27)25(30)24-19-23(21-7-3-2-4-8-21)26(32-24)29-14-16-31-17-15-29/h2-9,18-19H,10-17H2,1H3. The van der Waals surface area contributed by atoms with E-state index in [9.17, 15) is 4.79 Å². The molecule has 3 heterocycles. The molecule has 5 rings (SSSR count). The van der Waals surface area contributed by atoms with Crippen molar-refractivity contribution in [3.63, 3.8) is 0 Å². The minimum absolute atomic E-state index is 0.149. The first-order valence-electron chi connectivity index (χ1n) is 11.3. The van der Waals surface area contributed by atoms with Crippen LogP contribution in [0.25, 0.3) is 11.1 Å². The largest absolute Gasteiger partial charge is 0.378 e. The van der Waals surface area contributed by atoms with Crippen molar-refractivity contribution in [1.82, 2.24) is 4.90 Å². The molecule has 2 aromatic carbocycles. The Bertz CT molecular complexity index is 1070. The fraction of sp³-hybridized carbons (Fsp3) is 0.346. The quantitative estimate of drug-likeness (QED) is 0.589. The van der Waals surface area contributed by atoms with E-state index in [0.717, 1.165) is 68.5 Å². The van der Waals surface area contributed by atoms with Gasteiger partial charge in [-0.15, -0.1) is 11.3 Å². The number of hydrogen-bond acceptors (Lipinski definition) is 5. The Hall–Kier alpha value is -2.83. The van der Waals surface area contributed by atoms with Crippen molar-refractivity contribution < 1.29 is 9.53 Å². The molecule has 5 nitrogen and oxygen atoms in total. The average Bonchev–Trinajstić information content (AvgIpc) is 3.30. The molecule has 0 saturated carbocycles. The molecular formula is C26H29N3O2S. The molecule has 2 fully saturated rings. The van der Waals surface area contributed by atoms with Crippen molar-refractivity contribution in [1.29, 1.82) is 0 Å². The van der Waals surface area contributed by atoms with Gasteiger partial charge in [-0.05, 0) is 36.2 Å². The summed E-state index contributed by atoms with van der Waals surface area (Å²) in [6.45, 7) is 8.54. The van der Waals surface area contributed by atoms with E-state index >= 15 is 0 Å². The van der Waals surface area contributed by atoms with Crippen LogP contribution in [0.4, 0.5) is 10.7 Å². The van der Waals surface area contributed by atoms with E-state index in [2.05, 4.69) is 71.3 Å². The third-order valence-corrected chi connectivity index (χ3v) is 7.42. The summed E-state index contributed by atoms with van der Waals surface area (Å²) in [5, 5.41) is 1.18. The number of piperazine rings is 1. The topological polar surface area (TPSA) is 36.0 Å². The molecule has 0 spiro atoms. The van der Waals surface area contributed by atoms with E-state index in [-0.39, 0.29) is 5.91 Å². The summed E-state index contributed by atoms with van der Waals surface area (Å²) < 4.78 is 5.55. The first-order chi connectivity index (χ1) is 15.7. The third-order valence-electron chi connectivity index (χ3n) is 6.24. The maximum atomic E-state index is 13.5. The van der Waals surface area contributed by atoms with Crippen molar-refractivity contribution >= 4 is 27.9 Å². The smallest absolute Gasteiger partial charge is 0.264 e. The van der Waals surface area contributed by atoms with Crippen LogP contribution in [0.1, 0.15) is 15.2 Å². The number of anilines is 2. The highest BCUT2D eigenvalue weighted by molar-refractivity contribution is 7.18. The monoisotopic (exact) mass is 447 g/mol. The number of ether oxygens (including phenoxy) is 1. The van der Waals surface area contributed by atoms with Crippen LogP contribution in [0.5, 0.6) is 0 Å². The molecule has 1 amide bonds. The molecule has 0 unspecified atom stereocenters. The Kier molecular flexibility index (Phi) is 6.14. The Morgan fingerprint density at radius 1 is 0.844 bits per heavy atom. The Balaban J connectivity index is 1.35. The van der Waals surface area contributed by atoms with Crippen molar-refractivity contribution in [3.8, 4) is 11.1 Å². The average molecular weight is 448 g/mol. The first-order valence-corrected chi connectivity index (χ1v) is 12.1. The van der Waals surface area contributed by atoms with Crippen LogP contribution in [0.15, 0.2) is 60.7 Å². The summed E-state index contributed by atoms with van der Waals surface area (Å²) in [5.41, 5.74) is 4.82. The highest BCUT2D eigenvalue weighted by Crippen LogP contribution is 2.40. The maximum absolute atomic E-state index is 13.5. The van der Waals surface area contributed by atoms with Gasteiger partial charge in [-0.25, -0.2) is 0 Å². The van der Waals surface area contributed by atoms with Gasteiger partial charge in [0.1, 0.15) is 0 Å². The van der Waals surface area contributed by atoms with Crippen LogP contribution in [-0.4, -0.2) is 63.3 Å². The fourth-order valence-electron chi connectivity index (χ4n) is 4.46. The zero-order valence-corrected chi connectivity index (χ0v) is 19.3. The minimum atomic E-state index is 0.149. The van der Waals surface area contributed by atoms with Gasteiger partial charge >= 0.3 is 0 Å². The molecule has 166 valence electrons. The number of rotatable bonds is 4. The number of aryl methyl sites for hydroxylation is 1. The highest BCUT2D eigenvalue weighted by atomic mass is 32.1. The lowest BCUT2D eigenvalue weighted by molar-refractivity contribution is 0.0751. The van der Waals surface area contributed by atoms with Crippen LogP contribution in [0.3, 0.4) is 0 Å². The number of hydrogen-bond donors (Lipinski definition) is 0. The number of carbonyl (C=O) groups is 1. The summed E-state index contributed by atoms with van der Waals surface area (Å²) in [4.78, 5) is 21.0. The summed E-state index contributed by atoms with van der Waals surface area (Å²) in [6.07, 6.45) is 0. The maximum Gasteiger partial charge on any atom is 0.264 e. The summed E-state index contributed by atoms with van der Waals surface area (Å²) in [7, 11) is 0. The molecule has 32 heavy (non-hydrogen) atoms. The minimum Gasteiger partial charge on any atom is -0.378 e. The van der Waals surface area contributed by atoms with E-state index in [0.29, 0.717) is 0 Å². The molecule has 6 heteroatoms. The molecular weight excluding hydrogens is 418 g/mol. The van der Waals surface area contributed by atoms with Crippen LogP contribution in [-0.2, 0) is 4.74 Å². The Morgan fingerprint density at radius 3 is 2.31 bits per heavy atom. The predicted octanol–water partition coefficient (Wildman–Crippen LogP) is 4.52. The number of morpholine rings is 1. The van der Waals surface area contributed by atoms with E-state index in [1.165, 1.54) is 16.3 Å². The molecule has 2 aliphatic heterocycles. The summed E-state index contributed by atoms with van der Waals surface area (Å²) >= 11 is 1.63. The number of thiophene rings is 1. The molecule has 0 atom stereocenters. The lowest BCUT2D eigenvalue weighted by Gasteiger charge is -2.36. The summed E-state index contributed by atoms with van der Waals surface area (Å²) in [5.74, 6) is 0.149. The normalized spacial score (nSPS) is 17.0. The van der Waals surface area contributed by atoms with Gasteiger partial charge in [0.25, 0.3) is 5.91 Å². The van der Waals surface area contributed by atoms with Crippen LogP contribution in [0.2, 0.25) is 0 Å². The van der Waals surface area contributed by atoms with Crippen molar-refractivity contribution in [2.45, 2.75) is 6.92 Å². The third kappa shape index (κ3) is 4.38. The lowest BCUT2D eigenvalue weighted by atomic mass is 10.1. The second kappa shape index (κ2) is 9.35. The molecule has 3 aromatic rings. The van der Waals surface area contributed by atoms with E-state index in [1.54, 1.807) is 11.3 Å². The van der Waals surface area contributed by atoms with Gasteiger partial charge in [0.2, 0.25) is 0 Å². The molecule has 1 aromatic heterocycles. The van der Waals surface area contributed by atoms with Crippen LogP contribution < -0.4 is 9.80 Å². The molecule has 2 aliphatic rings. The second-order valence-corrected chi connectivity index (χ2v) is 9.44. The van der Waals surface area contributed by atoms with Crippen LogP contribution in [0, 0.1) is 6.92 Å². The van der Waals surface area contributed by atoms with Gasteiger partial charge in [-0.1, -0.05) is 42.5 Å². The molecule has 0 aliphatic carbocycles. The molecule has 0 radical (unpaired) electrons. The van der Waals surface area contributed by atoms with E-state index < -0.39 is 0 Å². The number of nitrogens with zero attached hydrogens (tertiary/aromatic N) is 3. The molecule has 2 saturated heterocycles. The van der Waals surface area contributed by atoms with Gasteiger partial charge in [0.05, 0.1) is 23.1 Å². The van der Waals surface area contributed by atoms with Crippen molar-refractivity contribution in [2.75, 3.05) is 62.3 Å².